The summed E-state index contributed by atoms with van der Waals surface area (Å²) in [6.07, 6.45) is 0. The van der Waals surface area contributed by atoms with E-state index in [9.17, 15) is 0 Å². The van der Waals surface area contributed by atoms with E-state index >= 15 is 0 Å². The molecule has 0 saturated heterocycles. The van der Waals surface area contributed by atoms with Gasteiger partial charge < -0.3 is 4.74 Å². The number of aromatic nitrogens is 1. The Hall–Kier alpha value is -1.74. The van der Waals surface area contributed by atoms with Crippen molar-refractivity contribution in [1.29, 1.82) is 0 Å². The lowest BCUT2D eigenvalue weighted by Gasteiger charge is -2.10. The molecule has 0 fully saturated rings. The van der Waals surface area contributed by atoms with Gasteiger partial charge in [-0.1, -0.05) is 26.0 Å². The van der Waals surface area contributed by atoms with Gasteiger partial charge in [0, 0.05) is 12.1 Å². The van der Waals surface area contributed by atoms with Crippen LogP contribution >= 0.6 is 11.3 Å². The summed E-state index contributed by atoms with van der Waals surface area (Å²) >= 11 is 1.76. The quantitative estimate of drug-likeness (QED) is 0.490. The molecule has 0 amide bonds. The lowest BCUT2D eigenvalue weighted by atomic mass is 10.0. The molecule has 1 heterocycles. The average Bonchev–Trinajstić information content (AvgIpc) is 2.43. The molecule has 0 radical (unpaired) electrons. The van der Waals surface area contributed by atoms with Crippen molar-refractivity contribution in [3.05, 3.63) is 42.0 Å². The van der Waals surface area contributed by atoms with E-state index in [2.05, 4.69) is 38.1 Å². The van der Waals surface area contributed by atoms with Gasteiger partial charge in [0.2, 0.25) is 11.3 Å². The second kappa shape index (κ2) is 4.74. The van der Waals surface area contributed by atoms with Crippen LogP contribution in [0.1, 0.15) is 25.3 Å². The minimum absolute atomic E-state index is 0.428. The summed E-state index contributed by atoms with van der Waals surface area (Å²) in [5.41, 5.74) is 3.32. The molecule has 0 aliphatic heterocycles. The predicted octanol–water partition coefficient (Wildman–Crippen LogP) is 4.86. The van der Waals surface area contributed by atoms with Crippen molar-refractivity contribution in [2.24, 2.45) is 0 Å². The largest absolute Gasteiger partial charge is 0.496 e. The van der Waals surface area contributed by atoms with E-state index in [1.807, 2.05) is 12.1 Å². The summed E-state index contributed by atoms with van der Waals surface area (Å²) < 4.78 is 7.88. The summed E-state index contributed by atoms with van der Waals surface area (Å²) in [7, 11) is 1.73. The topological polar surface area (TPSA) is 22.1 Å². The number of benzene rings is 2. The SMILES string of the molecule is COc1cc2[s+]c3ccccc3nc2cc1C(C)C. The van der Waals surface area contributed by atoms with Gasteiger partial charge in [-0.2, -0.15) is 0 Å². The van der Waals surface area contributed by atoms with Gasteiger partial charge >= 0.3 is 0 Å². The second-order valence-electron chi connectivity index (χ2n) is 4.90. The van der Waals surface area contributed by atoms with Crippen molar-refractivity contribution in [2.45, 2.75) is 19.8 Å². The highest BCUT2D eigenvalue weighted by molar-refractivity contribution is 7.24. The normalized spacial score (nSPS) is 11.4. The van der Waals surface area contributed by atoms with Crippen molar-refractivity contribution in [3.8, 4) is 5.75 Å². The third kappa shape index (κ3) is 2.15. The molecule has 0 saturated carbocycles. The van der Waals surface area contributed by atoms with Crippen molar-refractivity contribution in [2.75, 3.05) is 7.11 Å². The third-order valence-corrected chi connectivity index (χ3v) is 4.37. The Bertz CT molecular complexity index is 752. The Balaban J connectivity index is 2.35. The monoisotopic (exact) mass is 270 g/mol. The Labute approximate surface area is 116 Å². The summed E-state index contributed by atoms with van der Waals surface area (Å²) in [6, 6.07) is 12.5. The lowest BCUT2D eigenvalue weighted by Crippen LogP contribution is -1.95. The molecule has 96 valence electrons. The minimum atomic E-state index is 0.428. The molecule has 0 aliphatic rings. The van der Waals surface area contributed by atoms with E-state index < -0.39 is 0 Å². The van der Waals surface area contributed by atoms with E-state index in [0.717, 1.165) is 16.8 Å². The van der Waals surface area contributed by atoms with Gasteiger partial charge in [-0.15, -0.1) is 0 Å². The van der Waals surface area contributed by atoms with Gasteiger partial charge in [0.25, 0.3) is 9.40 Å². The van der Waals surface area contributed by atoms with Gasteiger partial charge in [-0.05, 0) is 23.6 Å². The van der Waals surface area contributed by atoms with E-state index in [4.69, 9.17) is 9.72 Å². The Kier molecular flexibility index (Phi) is 3.07. The molecule has 0 atom stereocenters. The molecule has 3 rings (SSSR count). The fourth-order valence-electron chi connectivity index (χ4n) is 2.25. The lowest BCUT2D eigenvalue weighted by molar-refractivity contribution is 0.408. The van der Waals surface area contributed by atoms with Crippen LogP contribution in [-0.4, -0.2) is 12.1 Å². The maximum atomic E-state index is 5.51. The van der Waals surface area contributed by atoms with Crippen LogP contribution in [0.5, 0.6) is 5.75 Å². The van der Waals surface area contributed by atoms with Gasteiger partial charge in [0.05, 0.1) is 7.11 Å². The standard InChI is InChI=1S/C16H16NOS/c1-10(2)11-8-13-16(9-14(11)18-3)19-15-7-5-4-6-12(15)17-13/h4-10H,1-3H3/q+1. The van der Waals surface area contributed by atoms with Crippen LogP contribution in [0.25, 0.3) is 20.4 Å². The first-order valence-corrected chi connectivity index (χ1v) is 7.21. The Morgan fingerprint density at radius 3 is 2.58 bits per heavy atom. The first-order valence-electron chi connectivity index (χ1n) is 6.39. The molecular weight excluding hydrogens is 254 g/mol. The zero-order valence-corrected chi connectivity index (χ0v) is 12.1. The third-order valence-electron chi connectivity index (χ3n) is 3.26. The molecule has 0 N–H and O–H groups in total. The smallest absolute Gasteiger partial charge is 0.260 e. The van der Waals surface area contributed by atoms with Gasteiger partial charge in [0.1, 0.15) is 16.8 Å². The summed E-state index contributed by atoms with van der Waals surface area (Å²) in [5, 5.41) is 0. The predicted molar refractivity (Wildman–Crippen MR) is 82.2 cm³/mol. The molecule has 19 heavy (non-hydrogen) atoms. The van der Waals surface area contributed by atoms with Crippen LogP contribution < -0.4 is 4.74 Å². The van der Waals surface area contributed by atoms with E-state index in [1.54, 1.807) is 18.4 Å². The number of hydrogen-bond acceptors (Lipinski definition) is 2. The highest BCUT2D eigenvalue weighted by Gasteiger charge is 2.17. The first kappa shape index (κ1) is 12.3. The molecule has 2 nitrogen and oxygen atoms in total. The number of para-hydroxylation sites is 1. The summed E-state index contributed by atoms with van der Waals surface area (Å²) in [4.78, 5) is 4.75. The molecule has 0 spiro atoms. The number of methoxy groups -OCH3 is 1. The van der Waals surface area contributed by atoms with Gasteiger partial charge in [0.15, 0.2) is 0 Å². The number of ether oxygens (including phenoxy) is 1. The molecule has 0 aliphatic carbocycles. The van der Waals surface area contributed by atoms with Crippen molar-refractivity contribution in [1.82, 2.24) is 4.98 Å². The van der Waals surface area contributed by atoms with Crippen molar-refractivity contribution >= 4 is 31.8 Å². The molecule has 3 heteroatoms. The van der Waals surface area contributed by atoms with Crippen LogP contribution in [0.3, 0.4) is 0 Å². The van der Waals surface area contributed by atoms with Crippen LogP contribution in [0.2, 0.25) is 0 Å². The maximum absolute atomic E-state index is 5.51. The van der Waals surface area contributed by atoms with Crippen LogP contribution in [0.4, 0.5) is 0 Å². The second-order valence-corrected chi connectivity index (χ2v) is 5.98. The van der Waals surface area contributed by atoms with Crippen LogP contribution in [0, 0.1) is 0 Å². The van der Waals surface area contributed by atoms with E-state index in [-0.39, 0.29) is 0 Å². The number of fused-ring (bicyclic) bond motifs is 2. The zero-order chi connectivity index (χ0) is 13.4. The molecular formula is C16H16NOS+. The fourth-order valence-corrected chi connectivity index (χ4v) is 3.22. The molecule has 0 bridgehead atoms. The number of nitrogens with zero attached hydrogens (tertiary/aromatic N) is 1. The fraction of sp³-hybridized carbons (Fsp3) is 0.250. The molecule has 1 aromatic heterocycles. The summed E-state index contributed by atoms with van der Waals surface area (Å²) in [5.74, 6) is 1.38. The zero-order valence-electron chi connectivity index (χ0n) is 11.3. The molecule has 3 aromatic rings. The average molecular weight is 270 g/mol. The first-order chi connectivity index (χ1) is 9.19. The Morgan fingerprint density at radius 2 is 1.84 bits per heavy atom. The molecule has 2 aromatic carbocycles. The highest BCUT2D eigenvalue weighted by Crippen LogP contribution is 2.34. The van der Waals surface area contributed by atoms with E-state index in [0.29, 0.717) is 5.92 Å². The minimum Gasteiger partial charge on any atom is -0.496 e. The summed E-state index contributed by atoms with van der Waals surface area (Å²) in [6.45, 7) is 4.35. The van der Waals surface area contributed by atoms with Crippen molar-refractivity contribution < 1.29 is 4.74 Å². The number of hydrogen-bond donors (Lipinski definition) is 0. The number of rotatable bonds is 2. The molecule has 0 unspecified atom stereocenters. The van der Waals surface area contributed by atoms with Crippen LogP contribution in [-0.2, 0) is 0 Å². The van der Waals surface area contributed by atoms with Crippen molar-refractivity contribution in [3.63, 3.8) is 0 Å². The maximum Gasteiger partial charge on any atom is 0.260 e. The highest BCUT2D eigenvalue weighted by atomic mass is 32.1. The van der Waals surface area contributed by atoms with E-state index in [1.165, 1.54) is 15.0 Å². The van der Waals surface area contributed by atoms with Gasteiger partial charge in [-0.25, -0.2) is 4.98 Å². The van der Waals surface area contributed by atoms with Crippen LogP contribution in [0.15, 0.2) is 36.4 Å². The Morgan fingerprint density at radius 1 is 1.05 bits per heavy atom. The van der Waals surface area contributed by atoms with Gasteiger partial charge in [-0.3, -0.25) is 0 Å².